The molecule has 0 bridgehead atoms. The van der Waals surface area contributed by atoms with Gasteiger partial charge in [-0.1, -0.05) is 0 Å². The summed E-state index contributed by atoms with van der Waals surface area (Å²) in [6, 6.07) is 0. The Kier molecular flexibility index (Phi) is 2.05. The van der Waals surface area contributed by atoms with Crippen LogP contribution in [0.4, 0.5) is 0 Å². The largest absolute Gasteiger partial charge is 0.297 e. The number of hydrogen-bond acceptors (Lipinski definition) is 3. The number of allylic oxidation sites excluding steroid dienone is 2. The number of carbonyl (C=O) groups is 2. The fraction of sp³-hybridized carbons (Fsp3) is 0.333. The van der Waals surface area contributed by atoms with Crippen molar-refractivity contribution in [3.05, 3.63) is 11.0 Å². The first-order valence-corrected chi connectivity index (χ1v) is 3.64. The van der Waals surface area contributed by atoms with Crippen LogP contribution in [-0.4, -0.2) is 17.8 Å². The third-order valence-corrected chi connectivity index (χ3v) is 1.99. The summed E-state index contributed by atoms with van der Waals surface area (Å²) in [5.74, 6) is 0.819. The molecule has 0 N–H and O–H groups in total. The maximum atomic E-state index is 10.6. The molecule has 0 saturated heterocycles. The zero-order chi connectivity index (χ0) is 6.69. The minimum Gasteiger partial charge on any atom is -0.297 e. The molecule has 48 valence electrons. The van der Waals surface area contributed by atoms with Crippen molar-refractivity contribution in [2.75, 3.05) is 5.75 Å². The lowest BCUT2D eigenvalue weighted by atomic mass is 10.3. The van der Waals surface area contributed by atoms with Crippen molar-refractivity contribution in [2.24, 2.45) is 0 Å². The summed E-state index contributed by atoms with van der Waals surface area (Å²) in [6.45, 7) is 0. The Morgan fingerprint density at radius 3 is 2.89 bits per heavy atom. The minimum absolute atomic E-state index is 0.0656. The second-order valence-corrected chi connectivity index (χ2v) is 2.90. The second kappa shape index (κ2) is 2.82. The summed E-state index contributed by atoms with van der Waals surface area (Å²) >= 11 is 1.44. The second-order valence-electron chi connectivity index (χ2n) is 1.73. The Labute approximate surface area is 57.3 Å². The maximum Gasteiger partial charge on any atom is 0.157 e. The molecule has 0 aromatic carbocycles. The molecule has 1 rings (SSSR count). The van der Waals surface area contributed by atoms with E-state index in [1.165, 1.54) is 17.8 Å². The first kappa shape index (κ1) is 6.55. The summed E-state index contributed by atoms with van der Waals surface area (Å²) in [6.07, 6.45) is 2.70. The van der Waals surface area contributed by atoms with E-state index in [0.29, 0.717) is 11.3 Å². The highest BCUT2D eigenvalue weighted by molar-refractivity contribution is 8.04. The Hall–Kier alpha value is -0.570. The van der Waals surface area contributed by atoms with E-state index < -0.39 is 0 Å². The van der Waals surface area contributed by atoms with Crippen LogP contribution in [0.1, 0.15) is 6.42 Å². The molecule has 0 atom stereocenters. The average molecular weight is 142 g/mol. The minimum atomic E-state index is 0.0656. The Morgan fingerprint density at radius 2 is 2.44 bits per heavy atom. The number of carbonyl (C=O) groups excluding carboxylic acids is 2. The van der Waals surface area contributed by atoms with Gasteiger partial charge in [-0.2, -0.15) is 0 Å². The summed E-state index contributed by atoms with van der Waals surface area (Å²) in [5.41, 5.74) is 0. The highest BCUT2D eigenvalue weighted by atomic mass is 32.2. The van der Waals surface area contributed by atoms with Crippen LogP contribution in [0, 0.1) is 0 Å². The van der Waals surface area contributed by atoms with Gasteiger partial charge in [-0.15, -0.1) is 11.8 Å². The Morgan fingerprint density at radius 1 is 1.67 bits per heavy atom. The lowest BCUT2D eigenvalue weighted by Crippen LogP contribution is -2.02. The summed E-state index contributed by atoms with van der Waals surface area (Å²) in [4.78, 5) is 21.2. The molecule has 1 aliphatic heterocycles. The molecule has 2 nitrogen and oxygen atoms in total. The first-order valence-electron chi connectivity index (χ1n) is 2.65. The van der Waals surface area contributed by atoms with Gasteiger partial charge in [0, 0.05) is 12.2 Å². The van der Waals surface area contributed by atoms with Crippen molar-refractivity contribution in [3.8, 4) is 0 Å². The normalized spacial score (nSPS) is 19.1. The molecule has 0 radical (unpaired) electrons. The van der Waals surface area contributed by atoms with Crippen molar-refractivity contribution in [3.63, 3.8) is 0 Å². The first-order chi connectivity index (χ1) is 4.33. The molecule has 1 aliphatic rings. The van der Waals surface area contributed by atoms with E-state index in [2.05, 4.69) is 0 Å². The standard InChI is InChI=1S/C6H6O2S/c7-4-6-3-5(8)1-2-9-6/h3-4H,1-2H2. The van der Waals surface area contributed by atoms with Crippen LogP contribution >= 0.6 is 11.8 Å². The molecule has 0 unspecified atom stereocenters. The summed E-state index contributed by atoms with van der Waals surface area (Å²) in [5, 5.41) is 0. The number of thioether (sulfide) groups is 1. The number of hydrogen-bond donors (Lipinski definition) is 0. The van der Waals surface area contributed by atoms with E-state index in [1.807, 2.05) is 0 Å². The van der Waals surface area contributed by atoms with Gasteiger partial charge in [0.1, 0.15) is 0 Å². The molecule has 3 heteroatoms. The van der Waals surface area contributed by atoms with Crippen LogP contribution < -0.4 is 0 Å². The molecule has 0 aromatic heterocycles. The Bertz CT molecular complexity index is 172. The van der Waals surface area contributed by atoms with E-state index in [9.17, 15) is 9.59 Å². The van der Waals surface area contributed by atoms with Gasteiger partial charge in [0.05, 0.1) is 4.91 Å². The highest BCUT2D eigenvalue weighted by Gasteiger charge is 2.08. The van der Waals surface area contributed by atoms with Gasteiger partial charge in [-0.05, 0) is 6.08 Å². The molecule has 0 aliphatic carbocycles. The maximum absolute atomic E-state index is 10.6. The predicted octanol–water partition coefficient (Wildman–Crippen LogP) is 0.775. The van der Waals surface area contributed by atoms with Crippen molar-refractivity contribution < 1.29 is 9.59 Å². The van der Waals surface area contributed by atoms with Crippen LogP contribution in [0.15, 0.2) is 11.0 Å². The van der Waals surface area contributed by atoms with Crippen LogP contribution in [0.25, 0.3) is 0 Å². The molecule has 0 aromatic rings. The van der Waals surface area contributed by atoms with Gasteiger partial charge in [0.2, 0.25) is 0 Å². The smallest absolute Gasteiger partial charge is 0.157 e. The Balaban J connectivity index is 2.70. The summed E-state index contributed by atoms with van der Waals surface area (Å²) < 4.78 is 0. The van der Waals surface area contributed by atoms with E-state index in [-0.39, 0.29) is 5.78 Å². The van der Waals surface area contributed by atoms with E-state index in [4.69, 9.17) is 0 Å². The number of rotatable bonds is 1. The molecule has 0 amide bonds. The van der Waals surface area contributed by atoms with Gasteiger partial charge in [0.15, 0.2) is 12.1 Å². The van der Waals surface area contributed by atoms with Crippen LogP contribution in [0.5, 0.6) is 0 Å². The van der Waals surface area contributed by atoms with E-state index in [0.717, 1.165) is 12.0 Å². The third kappa shape index (κ3) is 1.68. The molecule has 1 heterocycles. The zero-order valence-electron chi connectivity index (χ0n) is 4.79. The number of aldehydes is 1. The molecule has 0 saturated carbocycles. The highest BCUT2D eigenvalue weighted by Crippen LogP contribution is 2.19. The average Bonchev–Trinajstić information content (AvgIpc) is 1.88. The van der Waals surface area contributed by atoms with Gasteiger partial charge >= 0.3 is 0 Å². The zero-order valence-corrected chi connectivity index (χ0v) is 5.61. The molecule has 0 spiro atoms. The molecule has 9 heavy (non-hydrogen) atoms. The fourth-order valence-corrected chi connectivity index (χ4v) is 1.43. The van der Waals surface area contributed by atoms with Crippen molar-refractivity contribution in [1.29, 1.82) is 0 Å². The van der Waals surface area contributed by atoms with Crippen molar-refractivity contribution in [1.82, 2.24) is 0 Å². The van der Waals surface area contributed by atoms with Gasteiger partial charge in [-0.3, -0.25) is 9.59 Å². The van der Waals surface area contributed by atoms with Crippen molar-refractivity contribution in [2.45, 2.75) is 6.42 Å². The monoisotopic (exact) mass is 142 g/mol. The topological polar surface area (TPSA) is 34.1 Å². The van der Waals surface area contributed by atoms with Crippen LogP contribution in [-0.2, 0) is 9.59 Å². The van der Waals surface area contributed by atoms with Gasteiger partial charge < -0.3 is 0 Å². The molecular formula is C6H6O2S. The van der Waals surface area contributed by atoms with Crippen molar-refractivity contribution >= 4 is 23.8 Å². The lowest BCUT2D eigenvalue weighted by Gasteiger charge is -2.03. The summed E-state index contributed by atoms with van der Waals surface area (Å²) in [7, 11) is 0. The van der Waals surface area contributed by atoms with E-state index >= 15 is 0 Å². The molecular weight excluding hydrogens is 136 g/mol. The van der Waals surface area contributed by atoms with Gasteiger partial charge in [-0.25, -0.2) is 0 Å². The SMILES string of the molecule is O=CC1=CC(=O)CCS1. The predicted molar refractivity (Wildman–Crippen MR) is 36.2 cm³/mol. The van der Waals surface area contributed by atoms with Crippen LogP contribution in [0.3, 0.4) is 0 Å². The quantitative estimate of drug-likeness (QED) is 0.507. The van der Waals surface area contributed by atoms with E-state index in [1.54, 1.807) is 0 Å². The van der Waals surface area contributed by atoms with Crippen LogP contribution in [0.2, 0.25) is 0 Å². The lowest BCUT2D eigenvalue weighted by molar-refractivity contribution is -0.114. The third-order valence-electron chi connectivity index (χ3n) is 1.04. The number of ketones is 1. The van der Waals surface area contributed by atoms with Gasteiger partial charge in [0.25, 0.3) is 0 Å². The molecule has 0 fully saturated rings. The fourth-order valence-electron chi connectivity index (χ4n) is 0.610.